The minimum absolute atomic E-state index is 0.137. The fraction of sp³-hybridized carbons (Fsp3) is 0.538. The van der Waals surface area contributed by atoms with E-state index in [4.69, 9.17) is 9.84 Å². The number of hydrogen-bond donors (Lipinski definition) is 1. The van der Waals surface area contributed by atoms with Crippen molar-refractivity contribution in [2.45, 2.75) is 27.7 Å². The van der Waals surface area contributed by atoms with E-state index in [2.05, 4.69) is 13.0 Å². The fourth-order valence-corrected chi connectivity index (χ4v) is 1.28. The maximum absolute atomic E-state index is 9.11. The maximum Gasteiger partial charge on any atom is 0.122 e. The topological polar surface area (TPSA) is 29.5 Å². The third kappa shape index (κ3) is 3.56. The Bertz CT molecular complexity index is 329. The lowest BCUT2D eigenvalue weighted by Crippen LogP contribution is -2.25. The number of rotatable bonds is 4. The largest absolute Gasteiger partial charge is 0.493 e. The van der Waals surface area contributed by atoms with Crippen molar-refractivity contribution >= 4 is 0 Å². The standard InChI is InChI=1S/C13H20O2/c1-10-5-6-12(11(2)7-10)15-9-13(3,4)8-14/h5-7,14H,8-9H2,1-4H3. The first-order valence-corrected chi connectivity index (χ1v) is 5.25. The third-order valence-electron chi connectivity index (χ3n) is 2.38. The van der Waals surface area contributed by atoms with E-state index in [9.17, 15) is 0 Å². The van der Waals surface area contributed by atoms with Crippen molar-refractivity contribution in [2.75, 3.05) is 13.2 Å². The highest BCUT2D eigenvalue weighted by molar-refractivity contribution is 5.35. The van der Waals surface area contributed by atoms with Gasteiger partial charge in [0, 0.05) is 5.41 Å². The van der Waals surface area contributed by atoms with E-state index in [1.54, 1.807) is 0 Å². The Morgan fingerprint density at radius 1 is 1.27 bits per heavy atom. The predicted octanol–water partition coefficient (Wildman–Crippen LogP) is 2.70. The SMILES string of the molecule is Cc1ccc(OCC(C)(C)CO)c(C)c1. The molecule has 0 saturated heterocycles. The smallest absolute Gasteiger partial charge is 0.122 e. The van der Waals surface area contributed by atoms with Crippen molar-refractivity contribution < 1.29 is 9.84 Å². The number of aliphatic hydroxyl groups is 1. The number of aryl methyl sites for hydroxylation is 2. The first-order chi connectivity index (χ1) is 6.94. The van der Waals surface area contributed by atoms with Gasteiger partial charge < -0.3 is 9.84 Å². The normalized spacial score (nSPS) is 11.5. The van der Waals surface area contributed by atoms with Crippen molar-refractivity contribution in [3.8, 4) is 5.75 Å². The van der Waals surface area contributed by atoms with Crippen LogP contribution in [0.1, 0.15) is 25.0 Å². The molecule has 0 aliphatic carbocycles. The lowest BCUT2D eigenvalue weighted by Gasteiger charge is -2.22. The van der Waals surface area contributed by atoms with Crippen LogP contribution in [0.2, 0.25) is 0 Å². The molecule has 1 aromatic rings. The quantitative estimate of drug-likeness (QED) is 0.824. The van der Waals surface area contributed by atoms with Crippen LogP contribution in [0.3, 0.4) is 0 Å². The molecule has 0 aromatic heterocycles. The van der Waals surface area contributed by atoms with Crippen LogP contribution >= 0.6 is 0 Å². The van der Waals surface area contributed by atoms with Gasteiger partial charge >= 0.3 is 0 Å². The van der Waals surface area contributed by atoms with E-state index in [1.807, 2.05) is 32.9 Å². The van der Waals surface area contributed by atoms with Crippen molar-refractivity contribution in [1.82, 2.24) is 0 Å². The Labute approximate surface area is 91.9 Å². The van der Waals surface area contributed by atoms with Crippen LogP contribution in [0.25, 0.3) is 0 Å². The first kappa shape index (κ1) is 12.1. The summed E-state index contributed by atoms with van der Waals surface area (Å²) in [5.41, 5.74) is 2.20. The van der Waals surface area contributed by atoms with Crippen LogP contribution in [0.5, 0.6) is 5.75 Å². The number of hydrogen-bond acceptors (Lipinski definition) is 2. The average Bonchev–Trinajstić information content (AvgIpc) is 2.16. The van der Waals surface area contributed by atoms with Gasteiger partial charge in [0.25, 0.3) is 0 Å². The molecule has 1 N–H and O–H groups in total. The Balaban J connectivity index is 2.66. The molecule has 0 aliphatic heterocycles. The van der Waals surface area contributed by atoms with Crippen LogP contribution in [-0.4, -0.2) is 18.3 Å². The summed E-state index contributed by atoms with van der Waals surface area (Å²) in [7, 11) is 0. The molecule has 1 rings (SSSR count). The van der Waals surface area contributed by atoms with Gasteiger partial charge in [-0.05, 0) is 25.5 Å². The highest BCUT2D eigenvalue weighted by Crippen LogP contribution is 2.22. The third-order valence-corrected chi connectivity index (χ3v) is 2.38. The molecule has 84 valence electrons. The van der Waals surface area contributed by atoms with Crippen molar-refractivity contribution in [2.24, 2.45) is 5.41 Å². The van der Waals surface area contributed by atoms with Crippen LogP contribution in [0, 0.1) is 19.3 Å². The van der Waals surface area contributed by atoms with Crippen molar-refractivity contribution in [3.05, 3.63) is 29.3 Å². The molecule has 0 radical (unpaired) electrons. The zero-order valence-electron chi connectivity index (χ0n) is 10.0. The van der Waals surface area contributed by atoms with E-state index in [0.29, 0.717) is 6.61 Å². The summed E-state index contributed by atoms with van der Waals surface area (Å²) in [5.74, 6) is 0.905. The van der Waals surface area contributed by atoms with Gasteiger partial charge in [-0.2, -0.15) is 0 Å². The van der Waals surface area contributed by atoms with Gasteiger partial charge in [-0.3, -0.25) is 0 Å². The molecule has 0 unspecified atom stereocenters. The minimum atomic E-state index is -0.183. The molecule has 0 atom stereocenters. The lowest BCUT2D eigenvalue weighted by molar-refractivity contribution is 0.0972. The molecule has 1 aromatic carbocycles. The van der Waals surface area contributed by atoms with Gasteiger partial charge in [0.2, 0.25) is 0 Å². The van der Waals surface area contributed by atoms with Gasteiger partial charge in [-0.1, -0.05) is 31.5 Å². The van der Waals surface area contributed by atoms with E-state index in [1.165, 1.54) is 5.56 Å². The molecule has 0 fully saturated rings. The van der Waals surface area contributed by atoms with Gasteiger partial charge in [0.15, 0.2) is 0 Å². The number of ether oxygens (including phenoxy) is 1. The van der Waals surface area contributed by atoms with Gasteiger partial charge in [-0.25, -0.2) is 0 Å². The number of aliphatic hydroxyl groups excluding tert-OH is 1. The summed E-state index contributed by atoms with van der Waals surface area (Å²) in [4.78, 5) is 0. The molecule has 2 heteroatoms. The fourth-order valence-electron chi connectivity index (χ4n) is 1.28. The molecular weight excluding hydrogens is 188 g/mol. The van der Waals surface area contributed by atoms with E-state index >= 15 is 0 Å². The molecule has 0 heterocycles. The molecule has 0 aliphatic rings. The molecule has 0 bridgehead atoms. The second kappa shape index (κ2) is 4.67. The number of benzene rings is 1. The summed E-state index contributed by atoms with van der Waals surface area (Å²) in [6.45, 7) is 8.74. The predicted molar refractivity (Wildman–Crippen MR) is 62.3 cm³/mol. The molecule has 0 amide bonds. The van der Waals surface area contributed by atoms with E-state index in [0.717, 1.165) is 11.3 Å². The van der Waals surface area contributed by atoms with Gasteiger partial charge in [-0.15, -0.1) is 0 Å². The average molecular weight is 208 g/mol. The highest BCUT2D eigenvalue weighted by Gasteiger charge is 2.17. The summed E-state index contributed by atoms with van der Waals surface area (Å²) in [6.07, 6.45) is 0. The van der Waals surface area contributed by atoms with Crippen LogP contribution in [0.15, 0.2) is 18.2 Å². The Kier molecular flexibility index (Phi) is 3.75. The summed E-state index contributed by atoms with van der Waals surface area (Å²) < 4.78 is 5.69. The van der Waals surface area contributed by atoms with Gasteiger partial charge in [0.1, 0.15) is 5.75 Å². The second-order valence-corrected chi connectivity index (χ2v) is 4.88. The summed E-state index contributed by atoms with van der Waals surface area (Å²) in [5, 5.41) is 9.11. The lowest BCUT2D eigenvalue weighted by atomic mass is 9.96. The minimum Gasteiger partial charge on any atom is -0.493 e. The maximum atomic E-state index is 9.11. The van der Waals surface area contributed by atoms with E-state index in [-0.39, 0.29) is 12.0 Å². The summed E-state index contributed by atoms with van der Waals surface area (Å²) in [6, 6.07) is 6.12. The zero-order valence-corrected chi connectivity index (χ0v) is 10.0. The molecule has 2 nitrogen and oxygen atoms in total. The Hall–Kier alpha value is -1.02. The summed E-state index contributed by atoms with van der Waals surface area (Å²) >= 11 is 0. The Morgan fingerprint density at radius 2 is 1.93 bits per heavy atom. The van der Waals surface area contributed by atoms with E-state index < -0.39 is 0 Å². The monoisotopic (exact) mass is 208 g/mol. The molecular formula is C13H20O2. The molecule has 0 saturated carbocycles. The second-order valence-electron chi connectivity index (χ2n) is 4.88. The van der Waals surface area contributed by atoms with Crippen molar-refractivity contribution in [3.63, 3.8) is 0 Å². The zero-order chi connectivity index (χ0) is 11.5. The van der Waals surface area contributed by atoms with Crippen LogP contribution in [-0.2, 0) is 0 Å². The van der Waals surface area contributed by atoms with Crippen LogP contribution < -0.4 is 4.74 Å². The van der Waals surface area contributed by atoms with Crippen LogP contribution in [0.4, 0.5) is 0 Å². The molecule has 15 heavy (non-hydrogen) atoms. The highest BCUT2D eigenvalue weighted by atomic mass is 16.5. The first-order valence-electron chi connectivity index (χ1n) is 5.25. The molecule has 0 spiro atoms. The Morgan fingerprint density at radius 3 is 2.47 bits per heavy atom. The van der Waals surface area contributed by atoms with Crippen molar-refractivity contribution in [1.29, 1.82) is 0 Å². The van der Waals surface area contributed by atoms with Gasteiger partial charge in [0.05, 0.1) is 13.2 Å².